The van der Waals surface area contributed by atoms with Crippen molar-refractivity contribution in [2.24, 2.45) is 0 Å². The minimum absolute atomic E-state index is 0.206. The highest BCUT2D eigenvalue weighted by atomic mass is 16.3. The number of aromatic nitrogens is 4. The van der Waals surface area contributed by atoms with Crippen molar-refractivity contribution in [3.63, 3.8) is 0 Å². The van der Waals surface area contributed by atoms with Gasteiger partial charge in [0.1, 0.15) is 22.3 Å². The van der Waals surface area contributed by atoms with E-state index in [4.69, 9.17) is 23.8 Å². The van der Waals surface area contributed by atoms with E-state index >= 15 is 0 Å². The van der Waals surface area contributed by atoms with Crippen LogP contribution in [0.4, 0.5) is 0 Å². The number of allylic oxidation sites excluding steroid dienone is 3. The summed E-state index contributed by atoms with van der Waals surface area (Å²) in [5.41, 5.74) is 19.8. The highest BCUT2D eigenvalue weighted by molar-refractivity contribution is 6.13. The Kier molecular flexibility index (Phi) is 14.0. The first-order chi connectivity index (χ1) is 42.8. The van der Waals surface area contributed by atoms with Crippen molar-refractivity contribution in [2.45, 2.75) is 59.3 Å². The van der Waals surface area contributed by atoms with Gasteiger partial charge in [0.25, 0.3) is 0 Å². The largest absolute Gasteiger partial charge is 0.456 e. The van der Waals surface area contributed by atoms with E-state index in [1.54, 1.807) is 6.08 Å². The lowest BCUT2D eigenvalue weighted by molar-refractivity contribution is 0.591. The van der Waals surface area contributed by atoms with Gasteiger partial charge in [-0.25, -0.2) is 15.0 Å². The summed E-state index contributed by atoms with van der Waals surface area (Å²) in [5.74, 6) is 1.81. The summed E-state index contributed by atoms with van der Waals surface area (Å²) < 4.78 is 15.4. The Labute approximate surface area is 513 Å². The van der Waals surface area contributed by atoms with E-state index in [0.717, 1.165) is 133 Å². The van der Waals surface area contributed by atoms with E-state index in [9.17, 15) is 0 Å². The number of benzene rings is 11. The minimum atomic E-state index is -0.206. The van der Waals surface area contributed by atoms with Gasteiger partial charge in [0, 0.05) is 60.1 Å². The number of rotatable bonds is 9. The molecule has 0 aliphatic rings. The lowest BCUT2D eigenvalue weighted by Crippen LogP contribution is -2.15. The lowest BCUT2D eigenvalue weighted by Gasteiger charge is -2.25. The molecule has 4 heterocycles. The number of nitrogens with zero attached hydrogens (tertiary/aromatic N) is 4. The fourth-order valence-electron chi connectivity index (χ4n) is 12.9. The van der Waals surface area contributed by atoms with Crippen molar-refractivity contribution in [3.8, 4) is 84.4 Å². The fourth-order valence-corrected chi connectivity index (χ4v) is 12.9. The zero-order chi connectivity index (χ0) is 60.3. The first kappa shape index (κ1) is 55.2. The van der Waals surface area contributed by atoms with Crippen LogP contribution in [0.3, 0.4) is 0 Å². The van der Waals surface area contributed by atoms with Crippen LogP contribution in [0.2, 0.25) is 0 Å². The molecule has 0 saturated carbocycles. The molecule has 0 aliphatic carbocycles. The second kappa shape index (κ2) is 22.3. The highest BCUT2D eigenvalue weighted by Gasteiger charge is 2.29. The quantitative estimate of drug-likeness (QED) is 0.135. The second-order valence-corrected chi connectivity index (χ2v) is 24.7. The molecular weight excluding hydrogens is 1070 g/mol. The van der Waals surface area contributed by atoms with Gasteiger partial charge in [0.2, 0.25) is 0 Å². The van der Waals surface area contributed by atoms with Gasteiger partial charge in [-0.05, 0) is 123 Å². The van der Waals surface area contributed by atoms with Gasteiger partial charge in [0.15, 0.2) is 17.5 Å². The first-order valence-electron chi connectivity index (χ1n) is 30.2. The third kappa shape index (κ3) is 9.87. The number of fused-ring (bicyclic) bond motifs is 9. The summed E-state index contributed by atoms with van der Waals surface area (Å²) in [6.45, 7) is 18.9. The summed E-state index contributed by atoms with van der Waals surface area (Å²) in [6, 6.07) is 86.9. The molecule has 0 amide bonds. The fraction of sp³-hybridized carbons (Fsp3) is 0.110. The van der Waals surface area contributed by atoms with Crippen LogP contribution in [0, 0.1) is 0 Å². The monoisotopic (exact) mass is 1140 g/mol. The normalized spacial score (nSPS) is 12.0. The summed E-state index contributed by atoms with van der Waals surface area (Å²) in [5, 5.41) is 6.63. The molecule has 4 aromatic heterocycles. The molecule has 6 nitrogen and oxygen atoms in total. The minimum Gasteiger partial charge on any atom is -0.456 e. The van der Waals surface area contributed by atoms with E-state index in [2.05, 4.69) is 271 Å². The molecule has 15 aromatic rings. The molecular formula is C82H66N4O2. The number of hydrogen-bond acceptors (Lipinski definition) is 5. The van der Waals surface area contributed by atoms with Gasteiger partial charge in [-0.2, -0.15) is 0 Å². The topological polar surface area (TPSA) is 69.9 Å². The molecule has 0 radical (unpaired) electrons. The summed E-state index contributed by atoms with van der Waals surface area (Å²) in [6.07, 6.45) is 5.58. The van der Waals surface area contributed by atoms with Crippen molar-refractivity contribution < 1.29 is 8.83 Å². The Morgan fingerprint density at radius 3 is 1.12 bits per heavy atom. The zero-order valence-corrected chi connectivity index (χ0v) is 50.6. The van der Waals surface area contributed by atoms with Crippen LogP contribution in [-0.2, 0) is 10.8 Å². The van der Waals surface area contributed by atoms with E-state index < -0.39 is 0 Å². The molecule has 0 saturated heterocycles. The SMILES string of the molecule is C=C/C=C\C.CC(C)(C)c1ccccc1-c1nc(-c2cc(-c3ccccc3-c3ccc4oc5ccccc5c4c3)c(-n3c4ccccc4c4ccccc43)c(-c3ccccc3-c3ccc4oc5ccccc5c4c3)c2)nc(-c2ccccc2C(C)(C)C)n1. The van der Waals surface area contributed by atoms with Crippen LogP contribution < -0.4 is 0 Å². The maximum absolute atomic E-state index is 6.43. The smallest absolute Gasteiger partial charge is 0.164 e. The Balaban J connectivity index is 0.00000131. The van der Waals surface area contributed by atoms with Gasteiger partial charge in [-0.1, -0.05) is 248 Å². The Morgan fingerprint density at radius 2 is 0.705 bits per heavy atom. The van der Waals surface area contributed by atoms with Gasteiger partial charge in [-0.15, -0.1) is 0 Å². The van der Waals surface area contributed by atoms with Gasteiger partial charge < -0.3 is 13.4 Å². The molecule has 6 heteroatoms. The van der Waals surface area contributed by atoms with Crippen molar-refractivity contribution in [1.82, 2.24) is 19.5 Å². The van der Waals surface area contributed by atoms with Crippen LogP contribution in [0.1, 0.15) is 59.6 Å². The van der Waals surface area contributed by atoms with E-state index in [-0.39, 0.29) is 10.8 Å². The van der Waals surface area contributed by atoms with Gasteiger partial charge >= 0.3 is 0 Å². The molecule has 426 valence electrons. The third-order valence-corrected chi connectivity index (χ3v) is 16.9. The molecule has 15 rings (SSSR count). The lowest BCUT2D eigenvalue weighted by atomic mass is 9.83. The Morgan fingerprint density at radius 1 is 0.341 bits per heavy atom. The molecule has 88 heavy (non-hydrogen) atoms. The van der Waals surface area contributed by atoms with Crippen molar-refractivity contribution in [3.05, 3.63) is 279 Å². The van der Waals surface area contributed by atoms with E-state index in [1.807, 2.05) is 43.3 Å². The molecule has 0 atom stereocenters. The molecule has 0 bridgehead atoms. The number of para-hydroxylation sites is 4. The van der Waals surface area contributed by atoms with Crippen LogP contribution in [0.5, 0.6) is 0 Å². The molecule has 0 fully saturated rings. The Bertz CT molecular complexity index is 4920. The molecule has 11 aromatic carbocycles. The maximum atomic E-state index is 6.43. The zero-order valence-electron chi connectivity index (χ0n) is 50.6. The predicted octanol–water partition coefficient (Wildman–Crippen LogP) is 22.8. The Hall–Kier alpha value is -10.7. The molecule has 0 unspecified atom stereocenters. The first-order valence-corrected chi connectivity index (χ1v) is 30.2. The number of furan rings is 2. The standard InChI is InChI=1S/C77H58N4O2.C5H8/c1-76(2,3)64-33-17-11-31-58(64)74-78-73(79-75(80-74)59-32-12-18-34-65(59)77(4,5)6)49-45-62(52-25-9-7-23-50(52)47-39-41-70-60(43-47)56-29-15-21-37-68(56)82-70)72(81-66-35-19-13-27-54(66)55-28-14-20-36-67(55)81)63(46-49)53-26-10-8-24-51(53)48-40-42-71-61(44-48)57-30-16-22-38-69(57)83-71;1-3-5-4-2/h7-46H,1-6H3;3-5H,1H2,2H3/b;5-4-. The van der Waals surface area contributed by atoms with Crippen LogP contribution >= 0.6 is 0 Å². The molecule has 0 N–H and O–H groups in total. The predicted molar refractivity (Wildman–Crippen MR) is 369 cm³/mol. The third-order valence-electron chi connectivity index (χ3n) is 16.9. The summed E-state index contributed by atoms with van der Waals surface area (Å²) >= 11 is 0. The maximum Gasteiger partial charge on any atom is 0.164 e. The summed E-state index contributed by atoms with van der Waals surface area (Å²) in [7, 11) is 0. The van der Waals surface area contributed by atoms with Crippen LogP contribution in [-0.4, -0.2) is 19.5 Å². The van der Waals surface area contributed by atoms with Crippen LogP contribution in [0.15, 0.2) is 276 Å². The van der Waals surface area contributed by atoms with E-state index in [1.165, 1.54) is 10.8 Å². The van der Waals surface area contributed by atoms with Crippen molar-refractivity contribution in [1.29, 1.82) is 0 Å². The van der Waals surface area contributed by atoms with Crippen molar-refractivity contribution >= 4 is 65.7 Å². The van der Waals surface area contributed by atoms with Gasteiger partial charge in [0.05, 0.1) is 16.7 Å². The molecule has 0 aliphatic heterocycles. The highest BCUT2D eigenvalue weighted by Crippen LogP contribution is 2.49. The van der Waals surface area contributed by atoms with Crippen molar-refractivity contribution in [2.75, 3.05) is 0 Å². The van der Waals surface area contributed by atoms with Crippen LogP contribution in [0.25, 0.3) is 150 Å². The average Bonchev–Trinajstić information content (AvgIpc) is 1.47. The number of hydrogen-bond donors (Lipinski definition) is 0. The summed E-state index contributed by atoms with van der Waals surface area (Å²) in [4.78, 5) is 16.8. The molecule has 0 spiro atoms. The van der Waals surface area contributed by atoms with Gasteiger partial charge in [-0.3, -0.25) is 0 Å². The average molecular weight is 1140 g/mol. The second-order valence-electron chi connectivity index (χ2n) is 24.7. The van der Waals surface area contributed by atoms with E-state index in [0.29, 0.717) is 17.5 Å².